The monoisotopic (exact) mass is 227 g/mol. The Bertz CT molecular complexity index is 193. The van der Waals surface area contributed by atoms with Crippen LogP contribution < -0.4 is 0 Å². The summed E-state index contributed by atoms with van der Waals surface area (Å²) >= 11 is 0. The average Bonchev–Trinajstić information content (AvgIpc) is 2.27. The van der Waals surface area contributed by atoms with E-state index in [2.05, 4.69) is 32.6 Å². The maximum atomic E-state index is 10.2. The Hall–Kier alpha value is -0.0800. The number of aliphatic hydroxyl groups excluding tert-OH is 1. The highest BCUT2D eigenvalue weighted by Gasteiger charge is 2.33. The second kappa shape index (κ2) is 6.61. The van der Waals surface area contributed by atoms with E-state index in [1.165, 1.54) is 25.7 Å². The van der Waals surface area contributed by atoms with Crippen molar-refractivity contribution in [2.75, 3.05) is 6.54 Å². The van der Waals surface area contributed by atoms with Crippen molar-refractivity contribution >= 4 is 0 Å². The van der Waals surface area contributed by atoms with E-state index in [0.717, 1.165) is 18.9 Å². The first-order chi connectivity index (χ1) is 7.60. The summed E-state index contributed by atoms with van der Waals surface area (Å²) in [5.74, 6) is 0.825. The van der Waals surface area contributed by atoms with E-state index in [4.69, 9.17) is 0 Å². The fourth-order valence-electron chi connectivity index (χ4n) is 3.01. The Morgan fingerprint density at radius 2 is 1.94 bits per heavy atom. The molecule has 3 unspecified atom stereocenters. The minimum Gasteiger partial charge on any atom is -0.391 e. The van der Waals surface area contributed by atoms with E-state index in [9.17, 15) is 5.11 Å². The van der Waals surface area contributed by atoms with Gasteiger partial charge in [-0.2, -0.15) is 0 Å². The Labute approximate surface area is 101 Å². The van der Waals surface area contributed by atoms with Crippen LogP contribution in [0.2, 0.25) is 0 Å². The standard InChI is InChI=1S/C14H29NO/c1-5-9-15(11(3)4)13-10-12(6-2)7-8-14(13)16/h11-14,16H,5-10H2,1-4H3. The van der Waals surface area contributed by atoms with Gasteiger partial charge >= 0.3 is 0 Å². The molecule has 1 rings (SSSR count). The van der Waals surface area contributed by atoms with Crippen LogP contribution in [0.1, 0.15) is 59.8 Å². The summed E-state index contributed by atoms with van der Waals surface area (Å²) in [5.41, 5.74) is 0. The number of hydrogen-bond donors (Lipinski definition) is 1. The fourth-order valence-corrected chi connectivity index (χ4v) is 3.01. The van der Waals surface area contributed by atoms with Crippen molar-refractivity contribution in [2.45, 2.75) is 78.0 Å². The van der Waals surface area contributed by atoms with Crippen molar-refractivity contribution in [1.29, 1.82) is 0 Å². The zero-order valence-electron chi connectivity index (χ0n) is 11.4. The summed E-state index contributed by atoms with van der Waals surface area (Å²) < 4.78 is 0. The van der Waals surface area contributed by atoms with E-state index < -0.39 is 0 Å². The first kappa shape index (κ1) is 14.0. The molecule has 2 nitrogen and oxygen atoms in total. The van der Waals surface area contributed by atoms with Crippen LogP contribution in [0.15, 0.2) is 0 Å². The molecule has 0 radical (unpaired) electrons. The molecule has 0 heterocycles. The van der Waals surface area contributed by atoms with Crippen LogP contribution in [0, 0.1) is 5.92 Å². The second-order valence-corrected chi connectivity index (χ2v) is 5.55. The SMILES string of the molecule is CCCN(C(C)C)C1CC(CC)CCC1O. The molecule has 0 aromatic rings. The topological polar surface area (TPSA) is 23.5 Å². The maximum absolute atomic E-state index is 10.2. The minimum atomic E-state index is -0.100. The second-order valence-electron chi connectivity index (χ2n) is 5.55. The van der Waals surface area contributed by atoms with Gasteiger partial charge in [0.2, 0.25) is 0 Å². The lowest BCUT2D eigenvalue weighted by Crippen LogP contribution is -2.50. The van der Waals surface area contributed by atoms with Crippen molar-refractivity contribution in [2.24, 2.45) is 5.92 Å². The van der Waals surface area contributed by atoms with Gasteiger partial charge in [-0.1, -0.05) is 20.3 Å². The average molecular weight is 227 g/mol. The molecule has 0 amide bonds. The van der Waals surface area contributed by atoms with E-state index >= 15 is 0 Å². The fraction of sp³-hybridized carbons (Fsp3) is 1.00. The summed E-state index contributed by atoms with van der Waals surface area (Å²) in [6.45, 7) is 10.1. The maximum Gasteiger partial charge on any atom is 0.0695 e. The lowest BCUT2D eigenvalue weighted by molar-refractivity contribution is -0.0110. The van der Waals surface area contributed by atoms with E-state index in [1.807, 2.05) is 0 Å². The Morgan fingerprint density at radius 3 is 2.44 bits per heavy atom. The van der Waals surface area contributed by atoms with Crippen LogP contribution in [0.5, 0.6) is 0 Å². The normalized spacial score (nSPS) is 31.3. The molecule has 1 saturated carbocycles. The zero-order valence-corrected chi connectivity index (χ0v) is 11.4. The first-order valence-corrected chi connectivity index (χ1v) is 7.03. The van der Waals surface area contributed by atoms with Gasteiger partial charge in [-0.25, -0.2) is 0 Å². The smallest absolute Gasteiger partial charge is 0.0695 e. The van der Waals surface area contributed by atoms with Crippen molar-refractivity contribution in [3.8, 4) is 0 Å². The zero-order chi connectivity index (χ0) is 12.1. The van der Waals surface area contributed by atoms with Crippen LogP contribution in [0.25, 0.3) is 0 Å². The van der Waals surface area contributed by atoms with Gasteiger partial charge in [0, 0.05) is 12.1 Å². The van der Waals surface area contributed by atoms with E-state index in [0.29, 0.717) is 12.1 Å². The van der Waals surface area contributed by atoms with Gasteiger partial charge in [-0.05, 0) is 52.0 Å². The Morgan fingerprint density at radius 1 is 1.25 bits per heavy atom. The van der Waals surface area contributed by atoms with Crippen LogP contribution in [0.3, 0.4) is 0 Å². The van der Waals surface area contributed by atoms with Crippen LogP contribution in [-0.4, -0.2) is 34.7 Å². The summed E-state index contributed by atoms with van der Waals surface area (Å²) in [6, 6.07) is 0.953. The molecule has 3 atom stereocenters. The van der Waals surface area contributed by atoms with Gasteiger partial charge in [-0.3, -0.25) is 4.90 Å². The molecule has 1 aliphatic rings. The summed E-state index contributed by atoms with van der Waals surface area (Å²) in [4.78, 5) is 2.51. The third-order valence-electron chi connectivity index (χ3n) is 4.04. The molecular weight excluding hydrogens is 198 g/mol. The number of rotatable bonds is 5. The van der Waals surface area contributed by atoms with Crippen molar-refractivity contribution in [1.82, 2.24) is 4.90 Å². The summed E-state index contributed by atoms with van der Waals surface area (Å²) in [6.07, 6.45) is 5.74. The predicted octanol–water partition coefficient (Wildman–Crippen LogP) is 3.05. The third-order valence-corrected chi connectivity index (χ3v) is 4.04. The van der Waals surface area contributed by atoms with Crippen LogP contribution in [0.4, 0.5) is 0 Å². The molecule has 1 N–H and O–H groups in total. The highest BCUT2D eigenvalue weighted by atomic mass is 16.3. The molecule has 2 heteroatoms. The molecule has 0 aliphatic heterocycles. The molecule has 0 spiro atoms. The molecule has 96 valence electrons. The number of nitrogens with zero attached hydrogens (tertiary/aromatic N) is 1. The molecule has 0 bridgehead atoms. The molecule has 0 saturated heterocycles. The van der Waals surface area contributed by atoms with Gasteiger partial charge in [0.15, 0.2) is 0 Å². The molecule has 16 heavy (non-hydrogen) atoms. The van der Waals surface area contributed by atoms with Crippen molar-refractivity contribution < 1.29 is 5.11 Å². The molecule has 1 aliphatic carbocycles. The van der Waals surface area contributed by atoms with Gasteiger partial charge in [0.25, 0.3) is 0 Å². The molecule has 0 aromatic carbocycles. The molecule has 1 fully saturated rings. The van der Waals surface area contributed by atoms with Gasteiger partial charge in [-0.15, -0.1) is 0 Å². The lowest BCUT2D eigenvalue weighted by atomic mass is 9.81. The van der Waals surface area contributed by atoms with Crippen molar-refractivity contribution in [3.63, 3.8) is 0 Å². The largest absolute Gasteiger partial charge is 0.391 e. The summed E-state index contributed by atoms with van der Waals surface area (Å²) in [7, 11) is 0. The quantitative estimate of drug-likeness (QED) is 0.780. The third kappa shape index (κ3) is 3.46. The van der Waals surface area contributed by atoms with E-state index in [-0.39, 0.29) is 6.10 Å². The van der Waals surface area contributed by atoms with Gasteiger partial charge in [0.05, 0.1) is 6.10 Å². The number of hydrogen-bond acceptors (Lipinski definition) is 2. The Balaban J connectivity index is 2.64. The lowest BCUT2D eigenvalue weighted by Gasteiger charge is -2.42. The molecular formula is C14H29NO. The number of aliphatic hydroxyl groups is 1. The van der Waals surface area contributed by atoms with Gasteiger partial charge < -0.3 is 5.11 Å². The molecule has 0 aromatic heterocycles. The highest BCUT2D eigenvalue weighted by molar-refractivity contribution is 4.87. The highest BCUT2D eigenvalue weighted by Crippen LogP contribution is 2.31. The Kier molecular flexibility index (Phi) is 5.77. The van der Waals surface area contributed by atoms with Gasteiger partial charge in [0.1, 0.15) is 0 Å². The summed E-state index contributed by atoms with van der Waals surface area (Å²) in [5, 5.41) is 10.2. The van der Waals surface area contributed by atoms with E-state index in [1.54, 1.807) is 0 Å². The van der Waals surface area contributed by atoms with Crippen molar-refractivity contribution in [3.05, 3.63) is 0 Å². The van der Waals surface area contributed by atoms with Crippen LogP contribution in [-0.2, 0) is 0 Å². The first-order valence-electron chi connectivity index (χ1n) is 7.03. The minimum absolute atomic E-state index is 0.100. The van der Waals surface area contributed by atoms with Crippen LogP contribution >= 0.6 is 0 Å². The predicted molar refractivity (Wildman–Crippen MR) is 69.6 cm³/mol.